The maximum atomic E-state index is 11.1. The Labute approximate surface area is 180 Å². The molecule has 4 atom stereocenters. The number of aromatic nitrogens is 3. The maximum Gasteiger partial charge on any atom is 0.333 e. The summed E-state index contributed by atoms with van der Waals surface area (Å²) in [7, 11) is -4.03. The van der Waals surface area contributed by atoms with E-state index >= 15 is 0 Å². The average Bonchev–Trinajstić information content (AvgIpc) is 3.43. The minimum Gasteiger partial charge on any atom is -0.393 e. The molecule has 0 saturated heterocycles. The van der Waals surface area contributed by atoms with Gasteiger partial charge in [0.25, 0.3) is 0 Å². The van der Waals surface area contributed by atoms with Gasteiger partial charge in [-0.3, -0.25) is 4.18 Å². The summed E-state index contributed by atoms with van der Waals surface area (Å²) in [4.78, 5) is 8.97. The van der Waals surface area contributed by atoms with Crippen molar-refractivity contribution in [1.82, 2.24) is 14.5 Å². The summed E-state index contributed by atoms with van der Waals surface area (Å²) in [5.41, 5.74) is 3.47. The Bertz CT molecular complexity index is 1210. The first-order chi connectivity index (χ1) is 14.9. The van der Waals surface area contributed by atoms with Gasteiger partial charge in [-0.25, -0.2) is 15.1 Å². The molecule has 2 aliphatic carbocycles. The van der Waals surface area contributed by atoms with Crippen molar-refractivity contribution in [3.63, 3.8) is 0 Å². The van der Waals surface area contributed by atoms with Gasteiger partial charge in [0.1, 0.15) is 17.8 Å². The number of rotatable bonds is 6. The molecule has 0 amide bonds. The van der Waals surface area contributed by atoms with E-state index in [2.05, 4.69) is 39.6 Å². The molecule has 2 aliphatic rings. The fraction of sp³-hybridized carbons (Fsp3) is 0.429. The van der Waals surface area contributed by atoms with E-state index in [4.69, 9.17) is 9.32 Å². The largest absolute Gasteiger partial charge is 0.393 e. The number of nitrogens with zero attached hydrogens (tertiary/aromatic N) is 3. The fourth-order valence-electron chi connectivity index (χ4n) is 4.92. The summed E-state index contributed by atoms with van der Waals surface area (Å²) in [6, 6.07) is 10.6. The van der Waals surface area contributed by atoms with Gasteiger partial charge in [0.05, 0.1) is 24.1 Å². The second-order valence-electron chi connectivity index (χ2n) is 8.35. The summed E-state index contributed by atoms with van der Waals surface area (Å²) in [5, 5.41) is 19.8. The van der Waals surface area contributed by atoms with Crippen molar-refractivity contribution in [2.24, 2.45) is 11.1 Å². The Morgan fingerprint density at radius 3 is 2.90 bits per heavy atom. The molecule has 0 unspecified atom stereocenters. The fourth-order valence-corrected chi connectivity index (χ4v) is 5.28. The summed E-state index contributed by atoms with van der Waals surface area (Å²) in [5.74, 6) is 0.480. The van der Waals surface area contributed by atoms with Crippen molar-refractivity contribution in [3.8, 4) is 0 Å². The van der Waals surface area contributed by atoms with Crippen molar-refractivity contribution in [2.45, 2.75) is 43.9 Å². The van der Waals surface area contributed by atoms with E-state index in [1.54, 1.807) is 6.33 Å². The molecule has 2 heterocycles. The van der Waals surface area contributed by atoms with E-state index in [0.29, 0.717) is 12.8 Å². The molecular weight excluding hydrogens is 418 g/mol. The van der Waals surface area contributed by atoms with Crippen molar-refractivity contribution >= 4 is 27.2 Å². The Hall–Kier alpha value is -2.53. The lowest BCUT2D eigenvalue weighted by atomic mass is 10.1. The van der Waals surface area contributed by atoms with Gasteiger partial charge >= 0.3 is 10.3 Å². The standard InChI is InChI=1S/C21H25N5O4S/c22-31(28,29)30-11-14-9-15(10-19(14)27)26-8-7-17-20(23-12-24-21(17)26)25-18-6-5-13-3-1-2-4-16(13)18/h1-4,7-8,12,14-15,18-19,27H,5-6,9-11H2,(H2,22,28,29)(H,23,24,25)/t14-,15-,18+,19+/m0/s1. The van der Waals surface area contributed by atoms with E-state index in [1.807, 2.05) is 16.8 Å². The van der Waals surface area contributed by atoms with Crippen LogP contribution >= 0.6 is 0 Å². The minimum absolute atomic E-state index is 0.0171. The zero-order valence-corrected chi connectivity index (χ0v) is 17.7. The summed E-state index contributed by atoms with van der Waals surface area (Å²) < 4.78 is 28.9. The molecule has 9 nitrogen and oxygen atoms in total. The molecule has 31 heavy (non-hydrogen) atoms. The first-order valence-corrected chi connectivity index (χ1v) is 11.9. The number of aliphatic hydroxyl groups excluding tert-OH is 1. The highest BCUT2D eigenvalue weighted by atomic mass is 32.2. The Kier molecular flexibility index (Phi) is 5.17. The zero-order valence-electron chi connectivity index (χ0n) is 16.9. The monoisotopic (exact) mass is 443 g/mol. The third-order valence-electron chi connectivity index (χ3n) is 6.43. The van der Waals surface area contributed by atoms with Crippen molar-refractivity contribution < 1.29 is 17.7 Å². The van der Waals surface area contributed by atoms with Crippen LogP contribution in [0, 0.1) is 5.92 Å². The third-order valence-corrected chi connectivity index (χ3v) is 6.89. The Morgan fingerprint density at radius 2 is 2.06 bits per heavy atom. The van der Waals surface area contributed by atoms with E-state index in [-0.39, 0.29) is 24.6 Å². The van der Waals surface area contributed by atoms with E-state index in [1.165, 1.54) is 11.1 Å². The average molecular weight is 444 g/mol. The molecule has 0 aliphatic heterocycles. The first-order valence-electron chi connectivity index (χ1n) is 10.4. The zero-order chi connectivity index (χ0) is 21.6. The molecule has 4 N–H and O–H groups in total. The van der Waals surface area contributed by atoms with Crippen molar-refractivity contribution in [3.05, 3.63) is 54.0 Å². The van der Waals surface area contributed by atoms with Crippen molar-refractivity contribution in [1.29, 1.82) is 0 Å². The highest BCUT2D eigenvalue weighted by Gasteiger charge is 2.35. The Balaban J connectivity index is 1.37. The molecular formula is C21H25N5O4S. The van der Waals surface area contributed by atoms with Crippen LogP contribution in [0.3, 0.4) is 0 Å². The van der Waals surface area contributed by atoms with Crippen LogP contribution in [-0.4, -0.2) is 40.8 Å². The van der Waals surface area contributed by atoms with Crippen LogP contribution in [-0.2, 0) is 20.9 Å². The highest BCUT2D eigenvalue weighted by molar-refractivity contribution is 7.84. The molecule has 10 heteroatoms. The second kappa shape index (κ2) is 7.86. The molecule has 0 bridgehead atoms. The number of nitrogens with two attached hydrogens (primary N) is 1. The lowest BCUT2D eigenvalue weighted by Crippen LogP contribution is -2.24. The van der Waals surface area contributed by atoms with Crippen LogP contribution in [0.5, 0.6) is 0 Å². The van der Waals surface area contributed by atoms with Crippen LogP contribution in [0.1, 0.15) is 42.5 Å². The van der Waals surface area contributed by atoms with Gasteiger partial charge in [-0.2, -0.15) is 8.42 Å². The van der Waals surface area contributed by atoms with E-state index < -0.39 is 16.4 Å². The number of hydrogen-bond donors (Lipinski definition) is 3. The second-order valence-corrected chi connectivity index (χ2v) is 9.57. The quantitative estimate of drug-likeness (QED) is 0.531. The number of anilines is 1. The minimum atomic E-state index is -4.03. The number of nitrogens with one attached hydrogen (secondary N) is 1. The van der Waals surface area contributed by atoms with Gasteiger partial charge < -0.3 is 15.0 Å². The van der Waals surface area contributed by atoms with Gasteiger partial charge in [0, 0.05) is 18.2 Å². The van der Waals surface area contributed by atoms with Crippen LogP contribution in [0.15, 0.2) is 42.9 Å². The van der Waals surface area contributed by atoms with Gasteiger partial charge in [0.15, 0.2) is 0 Å². The Morgan fingerprint density at radius 1 is 1.23 bits per heavy atom. The van der Waals surface area contributed by atoms with Crippen LogP contribution in [0.2, 0.25) is 0 Å². The third kappa shape index (κ3) is 4.03. The van der Waals surface area contributed by atoms with E-state index in [9.17, 15) is 13.5 Å². The molecule has 1 fully saturated rings. The summed E-state index contributed by atoms with van der Waals surface area (Å²) >= 11 is 0. The predicted octanol–water partition coefficient (Wildman–Crippen LogP) is 2.06. The number of hydrogen-bond acceptors (Lipinski definition) is 7. The normalized spacial score (nSPS) is 25.7. The van der Waals surface area contributed by atoms with Crippen LogP contribution in [0.4, 0.5) is 5.82 Å². The molecule has 5 rings (SSSR count). The lowest BCUT2D eigenvalue weighted by Gasteiger charge is -2.16. The number of aryl methyl sites for hydroxylation is 1. The highest BCUT2D eigenvalue weighted by Crippen LogP contribution is 2.39. The van der Waals surface area contributed by atoms with Crippen molar-refractivity contribution in [2.75, 3.05) is 11.9 Å². The number of aliphatic hydroxyl groups is 1. The predicted molar refractivity (Wildman–Crippen MR) is 115 cm³/mol. The van der Waals surface area contributed by atoms with Crippen LogP contribution < -0.4 is 10.5 Å². The van der Waals surface area contributed by atoms with Gasteiger partial charge in [-0.1, -0.05) is 24.3 Å². The van der Waals surface area contributed by atoms with Gasteiger partial charge in [0.2, 0.25) is 0 Å². The number of fused-ring (bicyclic) bond motifs is 2. The summed E-state index contributed by atoms with van der Waals surface area (Å²) in [6.45, 7) is -0.126. The van der Waals surface area contributed by atoms with Crippen LogP contribution in [0.25, 0.3) is 11.0 Å². The molecule has 164 valence electrons. The topological polar surface area (TPSA) is 132 Å². The van der Waals surface area contributed by atoms with E-state index in [0.717, 1.165) is 29.7 Å². The molecule has 1 aromatic carbocycles. The smallest absolute Gasteiger partial charge is 0.333 e. The van der Waals surface area contributed by atoms with Gasteiger partial charge in [-0.15, -0.1) is 0 Å². The molecule has 0 radical (unpaired) electrons. The number of benzene rings is 1. The lowest BCUT2D eigenvalue weighted by molar-refractivity contribution is 0.100. The molecule has 1 saturated carbocycles. The molecule has 0 spiro atoms. The molecule has 2 aromatic heterocycles. The molecule has 3 aromatic rings. The summed E-state index contributed by atoms with van der Waals surface area (Å²) in [6.07, 6.45) is 5.96. The maximum absolute atomic E-state index is 11.1. The van der Waals surface area contributed by atoms with Gasteiger partial charge in [-0.05, 0) is 42.9 Å². The SMILES string of the molecule is NS(=O)(=O)OC[C@@H]1C[C@H](n2ccc3c(N[C@@H]4CCc5ccccc54)ncnc32)C[C@H]1O. The first kappa shape index (κ1) is 20.4.